The first kappa shape index (κ1) is 17.8. The number of rotatable bonds is 5. The molecule has 0 saturated carbocycles. The minimum absolute atomic E-state index is 0.189. The van der Waals surface area contributed by atoms with E-state index >= 15 is 0 Å². The van der Waals surface area contributed by atoms with Crippen molar-refractivity contribution in [1.82, 2.24) is 4.90 Å². The van der Waals surface area contributed by atoms with Gasteiger partial charge in [0.15, 0.2) is 0 Å². The number of aliphatic hydroxyl groups excluding tert-OH is 1. The Morgan fingerprint density at radius 1 is 1.16 bits per heavy atom. The highest BCUT2D eigenvalue weighted by Gasteiger charge is 2.19. The van der Waals surface area contributed by atoms with Crippen molar-refractivity contribution in [3.05, 3.63) is 65.2 Å². The average molecular weight is 346 g/mol. The van der Waals surface area contributed by atoms with Crippen LogP contribution < -0.4 is 5.32 Å². The third-order valence-corrected chi connectivity index (χ3v) is 4.77. The number of nitrogens with zero attached hydrogens (tertiary/aromatic N) is 1. The van der Waals surface area contributed by atoms with E-state index < -0.39 is 11.6 Å². The first-order valence-electron chi connectivity index (χ1n) is 8.72. The Morgan fingerprint density at radius 2 is 1.88 bits per heavy atom. The van der Waals surface area contributed by atoms with E-state index in [0.29, 0.717) is 5.56 Å². The summed E-state index contributed by atoms with van der Waals surface area (Å²) in [7, 11) is 0. The maximum Gasteiger partial charge on any atom is 0.131 e. The van der Waals surface area contributed by atoms with Crippen molar-refractivity contribution in [1.29, 1.82) is 0 Å². The Labute approximate surface area is 147 Å². The molecule has 0 radical (unpaired) electrons. The summed E-state index contributed by atoms with van der Waals surface area (Å²) in [6.45, 7) is 4.40. The van der Waals surface area contributed by atoms with E-state index in [9.17, 15) is 13.9 Å². The molecule has 1 aliphatic heterocycles. The number of likely N-dealkylation sites (tertiary alicyclic amines) is 1. The zero-order valence-corrected chi connectivity index (χ0v) is 14.4. The highest BCUT2D eigenvalue weighted by molar-refractivity contribution is 5.52. The van der Waals surface area contributed by atoms with Gasteiger partial charge in [-0.3, -0.25) is 4.90 Å². The van der Waals surface area contributed by atoms with Gasteiger partial charge in [0, 0.05) is 37.0 Å². The SMILES string of the molecule is CC(Nc1ccccc1CN1CCC(O)CC1)c1ccc(F)cc1F. The van der Waals surface area contributed by atoms with E-state index in [2.05, 4.69) is 16.3 Å². The van der Waals surface area contributed by atoms with Crippen LogP contribution in [0.4, 0.5) is 14.5 Å². The van der Waals surface area contributed by atoms with Gasteiger partial charge < -0.3 is 10.4 Å². The lowest BCUT2D eigenvalue weighted by atomic mass is 10.0. The third-order valence-electron chi connectivity index (χ3n) is 4.77. The van der Waals surface area contributed by atoms with Crippen molar-refractivity contribution >= 4 is 5.69 Å². The van der Waals surface area contributed by atoms with Crippen molar-refractivity contribution in [3.8, 4) is 0 Å². The molecule has 0 spiro atoms. The van der Waals surface area contributed by atoms with Crippen LogP contribution in [0.25, 0.3) is 0 Å². The van der Waals surface area contributed by atoms with Crippen molar-refractivity contribution in [2.75, 3.05) is 18.4 Å². The fourth-order valence-electron chi connectivity index (χ4n) is 3.28. The summed E-state index contributed by atoms with van der Waals surface area (Å²) in [4.78, 5) is 2.32. The third kappa shape index (κ3) is 4.55. The Kier molecular flexibility index (Phi) is 5.66. The van der Waals surface area contributed by atoms with E-state index in [1.807, 2.05) is 25.1 Å². The van der Waals surface area contributed by atoms with E-state index in [-0.39, 0.29) is 12.1 Å². The van der Waals surface area contributed by atoms with Gasteiger partial charge in [-0.05, 0) is 37.5 Å². The number of aliphatic hydroxyl groups is 1. The molecule has 2 aromatic carbocycles. The van der Waals surface area contributed by atoms with Crippen LogP contribution in [-0.2, 0) is 6.54 Å². The van der Waals surface area contributed by atoms with E-state index in [0.717, 1.165) is 49.8 Å². The number of halogens is 2. The predicted molar refractivity (Wildman–Crippen MR) is 95.4 cm³/mol. The molecule has 2 aromatic rings. The van der Waals surface area contributed by atoms with E-state index in [4.69, 9.17) is 0 Å². The first-order valence-corrected chi connectivity index (χ1v) is 8.72. The topological polar surface area (TPSA) is 35.5 Å². The molecule has 1 unspecified atom stereocenters. The van der Waals surface area contributed by atoms with Gasteiger partial charge in [0.05, 0.1) is 12.1 Å². The Balaban J connectivity index is 1.72. The average Bonchev–Trinajstić information content (AvgIpc) is 2.58. The zero-order chi connectivity index (χ0) is 17.8. The number of para-hydroxylation sites is 1. The van der Waals surface area contributed by atoms with Crippen molar-refractivity contribution < 1.29 is 13.9 Å². The highest BCUT2D eigenvalue weighted by atomic mass is 19.1. The minimum atomic E-state index is -0.568. The van der Waals surface area contributed by atoms with Gasteiger partial charge in [0.25, 0.3) is 0 Å². The number of hydrogen-bond acceptors (Lipinski definition) is 3. The number of anilines is 1. The van der Waals surface area contributed by atoms with E-state index in [1.54, 1.807) is 0 Å². The summed E-state index contributed by atoms with van der Waals surface area (Å²) in [5.74, 6) is -1.11. The summed E-state index contributed by atoms with van der Waals surface area (Å²) >= 11 is 0. The number of benzene rings is 2. The van der Waals surface area contributed by atoms with Gasteiger partial charge in [0.2, 0.25) is 0 Å². The second kappa shape index (κ2) is 7.93. The summed E-state index contributed by atoms with van der Waals surface area (Å²) in [5.41, 5.74) is 2.52. The lowest BCUT2D eigenvalue weighted by molar-refractivity contribution is 0.0793. The number of hydrogen-bond donors (Lipinski definition) is 2. The second-order valence-corrected chi connectivity index (χ2v) is 6.70. The molecule has 3 nitrogen and oxygen atoms in total. The minimum Gasteiger partial charge on any atom is -0.393 e. The van der Waals surface area contributed by atoms with Crippen LogP contribution >= 0.6 is 0 Å². The summed E-state index contributed by atoms with van der Waals surface area (Å²) in [5, 5.41) is 13.0. The fraction of sp³-hybridized carbons (Fsp3) is 0.400. The zero-order valence-electron chi connectivity index (χ0n) is 14.4. The molecule has 1 aliphatic rings. The van der Waals surface area contributed by atoms with Crippen LogP contribution in [0.5, 0.6) is 0 Å². The summed E-state index contributed by atoms with van der Waals surface area (Å²) in [6, 6.07) is 11.4. The van der Waals surface area contributed by atoms with Crippen LogP contribution in [0.3, 0.4) is 0 Å². The maximum atomic E-state index is 14.0. The van der Waals surface area contributed by atoms with Gasteiger partial charge in [-0.15, -0.1) is 0 Å². The normalized spacial score (nSPS) is 17.4. The molecule has 1 atom stereocenters. The van der Waals surface area contributed by atoms with Gasteiger partial charge in [-0.25, -0.2) is 8.78 Å². The molecule has 134 valence electrons. The molecule has 1 fully saturated rings. The van der Waals surface area contributed by atoms with Crippen molar-refractivity contribution in [3.63, 3.8) is 0 Å². The van der Waals surface area contributed by atoms with Crippen LogP contribution in [0.2, 0.25) is 0 Å². The summed E-state index contributed by atoms with van der Waals surface area (Å²) in [6.07, 6.45) is 1.41. The van der Waals surface area contributed by atoms with Crippen LogP contribution in [0.1, 0.15) is 36.9 Å². The van der Waals surface area contributed by atoms with Crippen LogP contribution in [0, 0.1) is 11.6 Å². The number of piperidine rings is 1. The van der Waals surface area contributed by atoms with Crippen LogP contribution in [0.15, 0.2) is 42.5 Å². The molecular formula is C20H24F2N2O. The molecule has 1 saturated heterocycles. The molecule has 3 rings (SSSR count). The lowest BCUT2D eigenvalue weighted by Gasteiger charge is -2.30. The fourth-order valence-corrected chi connectivity index (χ4v) is 3.28. The Hall–Kier alpha value is -1.98. The monoisotopic (exact) mass is 346 g/mol. The molecule has 0 aliphatic carbocycles. The van der Waals surface area contributed by atoms with Gasteiger partial charge in [-0.1, -0.05) is 24.3 Å². The van der Waals surface area contributed by atoms with E-state index in [1.165, 1.54) is 12.1 Å². The lowest BCUT2D eigenvalue weighted by Crippen LogP contribution is -2.35. The second-order valence-electron chi connectivity index (χ2n) is 6.70. The number of nitrogens with one attached hydrogen (secondary N) is 1. The molecule has 2 N–H and O–H groups in total. The maximum absolute atomic E-state index is 14.0. The Morgan fingerprint density at radius 3 is 2.60 bits per heavy atom. The molecular weight excluding hydrogens is 322 g/mol. The Bertz CT molecular complexity index is 715. The van der Waals surface area contributed by atoms with Gasteiger partial charge >= 0.3 is 0 Å². The summed E-state index contributed by atoms with van der Waals surface area (Å²) < 4.78 is 27.1. The van der Waals surface area contributed by atoms with Crippen molar-refractivity contribution in [2.45, 2.75) is 38.5 Å². The first-order chi connectivity index (χ1) is 12.0. The van der Waals surface area contributed by atoms with Crippen LogP contribution in [-0.4, -0.2) is 29.2 Å². The quantitative estimate of drug-likeness (QED) is 0.856. The molecule has 0 amide bonds. The predicted octanol–water partition coefficient (Wildman–Crippen LogP) is 4.09. The van der Waals surface area contributed by atoms with Crippen molar-refractivity contribution in [2.24, 2.45) is 0 Å². The largest absolute Gasteiger partial charge is 0.393 e. The molecule has 5 heteroatoms. The smallest absolute Gasteiger partial charge is 0.131 e. The standard InChI is InChI=1S/C20H24F2N2O/c1-14(18-7-6-16(21)12-19(18)22)23-20-5-3-2-4-15(20)13-24-10-8-17(25)9-11-24/h2-7,12,14,17,23,25H,8-11,13H2,1H3. The molecule has 25 heavy (non-hydrogen) atoms. The molecule has 0 bridgehead atoms. The highest BCUT2D eigenvalue weighted by Crippen LogP contribution is 2.26. The molecule has 0 aromatic heterocycles. The molecule has 1 heterocycles. The van der Waals surface area contributed by atoms with Gasteiger partial charge in [-0.2, -0.15) is 0 Å². The van der Waals surface area contributed by atoms with Gasteiger partial charge in [0.1, 0.15) is 11.6 Å².